The second-order valence-electron chi connectivity index (χ2n) is 5.45. The van der Waals surface area contributed by atoms with Crippen LogP contribution in [0.2, 0.25) is 0 Å². The first-order valence-corrected chi connectivity index (χ1v) is 7.19. The normalized spacial score (nSPS) is 13.2. The first kappa shape index (κ1) is 16.0. The van der Waals surface area contributed by atoms with Gasteiger partial charge in [0.25, 0.3) is 5.56 Å². The minimum absolute atomic E-state index is 0.125. The van der Waals surface area contributed by atoms with E-state index >= 15 is 0 Å². The number of aromatic nitrogens is 4. The van der Waals surface area contributed by atoms with Gasteiger partial charge in [0.2, 0.25) is 5.95 Å². The van der Waals surface area contributed by atoms with Gasteiger partial charge in [0.05, 0.1) is 11.8 Å². The number of alkyl halides is 3. The second kappa shape index (κ2) is 5.99. The molecule has 0 saturated heterocycles. The summed E-state index contributed by atoms with van der Waals surface area (Å²) in [5, 5.41) is 9.54. The van der Waals surface area contributed by atoms with Gasteiger partial charge in [0.1, 0.15) is 5.39 Å². The molecule has 1 aromatic carbocycles. The maximum Gasteiger partial charge on any atom is 0.416 e. The van der Waals surface area contributed by atoms with Crippen molar-refractivity contribution in [1.29, 1.82) is 0 Å². The van der Waals surface area contributed by atoms with E-state index in [0.29, 0.717) is 11.0 Å². The molecule has 0 amide bonds. The van der Waals surface area contributed by atoms with E-state index in [1.54, 1.807) is 13.0 Å². The molecule has 0 fully saturated rings. The van der Waals surface area contributed by atoms with Crippen molar-refractivity contribution in [1.82, 2.24) is 20.2 Å². The molecule has 0 aliphatic rings. The maximum absolute atomic E-state index is 13.0. The Labute approximate surface area is 134 Å². The second-order valence-corrected chi connectivity index (χ2v) is 5.45. The Hall–Kier alpha value is -2.84. The molecule has 126 valence electrons. The first-order valence-electron chi connectivity index (χ1n) is 7.19. The number of rotatable bonds is 4. The molecule has 6 nitrogen and oxygen atoms in total. The van der Waals surface area contributed by atoms with Gasteiger partial charge in [-0.15, -0.1) is 0 Å². The van der Waals surface area contributed by atoms with E-state index in [0.717, 1.165) is 6.07 Å². The van der Waals surface area contributed by atoms with Gasteiger partial charge < -0.3 is 5.32 Å². The summed E-state index contributed by atoms with van der Waals surface area (Å²) in [7, 11) is 0. The average Bonchev–Trinajstić information content (AvgIpc) is 2.95. The Morgan fingerprint density at radius 3 is 2.79 bits per heavy atom. The topological polar surface area (TPSA) is 86.5 Å². The number of benzene rings is 1. The minimum atomic E-state index is -4.41. The summed E-state index contributed by atoms with van der Waals surface area (Å²) in [6.07, 6.45) is -2.92. The van der Waals surface area contributed by atoms with Crippen LogP contribution < -0.4 is 10.9 Å². The highest BCUT2D eigenvalue weighted by molar-refractivity contribution is 5.73. The molecule has 0 spiro atoms. The monoisotopic (exact) mass is 337 g/mol. The van der Waals surface area contributed by atoms with Gasteiger partial charge in [-0.1, -0.05) is 18.2 Å². The molecule has 0 aliphatic heterocycles. The van der Waals surface area contributed by atoms with E-state index in [-0.39, 0.29) is 29.5 Å². The van der Waals surface area contributed by atoms with Crippen LogP contribution in [0.25, 0.3) is 11.0 Å². The number of hydrogen-bond donors (Lipinski definition) is 3. The summed E-state index contributed by atoms with van der Waals surface area (Å²) in [6, 6.07) is 5.04. The number of nitrogens with one attached hydrogen (secondary N) is 3. The number of nitrogens with zero attached hydrogens (tertiary/aromatic N) is 2. The van der Waals surface area contributed by atoms with Crippen molar-refractivity contribution < 1.29 is 13.2 Å². The highest BCUT2D eigenvalue weighted by Crippen LogP contribution is 2.32. The zero-order chi connectivity index (χ0) is 17.3. The van der Waals surface area contributed by atoms with E-state index < -0.39 is 11.7 Å². The number of fused-ring (bicyclic) bond motifs is 1. The lowest BCUT2D eigenvalue weighted by Crippen LogP contribution is -2.23. The van der Waals surface area contributed by atoms with Gasteiger partial charge >= 0.3 is 6.18 Å². The third-order valence-electron chi connectivity index (χ3n) is 3.55. The van der Waals surface area contributed by atoms with E-state index in [1.165, 1.54) is 18.3 Å². The maximum atomic E-state index is 13.0. The van der Waals surface area contributed by atoms with Crippen molar-refractivity contribution >= 4 is 17.0 Å². The van der Waals surface area contributed by atoms with Crippen molar-refractivity contribution in [2.24, 2.45) is 0 Å². The Morgan fingerprint density at radius 1 is 1.29 bits per heavy atom. The molecule has 0 bridgehead atoms. The summed E-state index contributed by atoms with van der Waals surface area (Å²) >= 11 is 0. The predicted octanol–water partition coefficient (Wildman–Crippen LogP) is 2.71. The van der Waals surface area contributed by atoms with Crippen LogP contribution in [-0.2, 0) is 12.6 Å². The van der Waals surface area contributed by atoms with Crippen LogP contribution in [0, 0.1) is 0 Å². The fourth-order valence-corrected chi connectivity index (χ4v) is 2.50. The highest BCUT2D eigenvalue weighted by atomic mass is 19.4. The Kier molecular flexibility index (Phi) is 4.00. The van der Waals surface area contributed by atoms with E-state index in [2.05, 4.69) is 25.5 Å². The lowest BCUT2D eigenvalue weighted by atomic mass is 10.0. The van der Waals surface area contributed by atoms with Crippen LogP contribution in [0.5, 0.6) is 0 Å². The number of aromatic amines is 2. The van der Waals surface area contributed by atoms with Gasteiger partial charge in [-0.3, -0.25) is 14.9 Å². The SMILES string of the molecule is CC(Cc1ccccc1C(F)(F)F)Nc1nc2[nH]ncc2c(=O)[nH]1. The Bertz CT molecular complexity index is 915. The smallest absolute Gasteiger partial charge is 0.353 e. The fraction of sp³-hybridized carbons (Fsp3) is 0.267. The molecule has 24 heavy (non-hydrogen) atoms. The molecule has 0 radical (unpaired) electrons. The molecule has 1 unspecified atom stereocenters. The molecule has 0 saturated carbocycles. The highest BCUT2D eigenvalue weighted by Gasteiger charge is 2.33. The molecule has 3 aromatic rings. The molecule has 2 aromatic heterocycles. The lowest BCUT2D eigenvalue weighted by molar-refractivity contribution is -0.138. The largest absolute Gasteiger partial charge is 0.416 e. The zero-order valence-electron chi connectivity index (χ0n) is 12.6. The molecule has 9 heteroatoms. The average molecular weight is 337 g/mol. The van der Waals surface area contributed by atoms with Crippen LogP contribution in [0.3, 0.4) is 0 Å². The van der Waals surface area contributed by atoms with Crippen molar-refractivity contribution in [3.63, 3.8) is 0 Å². The third-order valence-corrected chi connectivity index (χ3v) is 3.55. The van der Waals surface area contributed by atoms with Crippen LogP contribution in [-0.4, -0.2) is 26.2 Å². The Balaban J connectivity index is 1.80. The van der Waals surface area contributed by atoms with Gasteiger partial charge in [-0.2, -0.15) is 23.3 Å². The molecule has 3 N–H and O–H groups in total. The number of H-pyrrole nitrogens is 2. The van der Waals surface area contributed by atoms with Gasteiger partial charge in [-0.05, 0) is 25.0 Å². The molecular weight excluding hydrogens is 323 g/mol. The van der Waals surface area contributed by atoms with Crippen molar-refractivity contribution in [3.05, 3.63) is 51.9 Å². The van der Waals surface area contributed by atoms with Crippen LogP contribution in [0.4, 0.5) is 19.1 Å². The molecule has 2 heterocycles. The van der Waals surface area contributed by atoms with Crippen molar-refractivity contribution in [2.75, 3.05) is 5.32 Å². The standard InChI is InChI=1S/C15H14F3N5O/c1-8(6-9-4-2-3-5-11(9)15(16,17)18)20-14-21-12-10(7-19-23-12)13(24)22-14/h2-5,7-8H,6H2,1H3,(H3,19,20,21,22,23,24). The summed E-state index contributed by atoms with van der Waals surface area (Å²) < 4.78 is 39.1. The third kappa shape index (κ3) is 3.24. The van der Waals surface area contributed by atoms with Crippen LogP contribution in [0.1, 0.15) is 18.1 Å². The summed E-state index contributed by atoms with van der Waals surface area (Å²) in [4.78, 5) is 18.5. The van der Waals surface area contributed by atoms with Crippen molar-refractivity contribution in [2.45, 2.75) is 25.6 Å². The summed E-state index contributed by atoms with van der Waals surface area (Å²) in [6.45, 7) is 1.71. The van der Waals surface area contributed by atoms with Gasteiger partial charge in [-0.25, -0.2) is 0 Å². The van der Waals surface area contributed by atoms with Crippen molar-refractivity contribution in [3.8, 4) is 0 Å². The fourth-order valence-electron chi connectivity index (χ4n) is 2.50. The zero-order valence-corrected chi connectivity index (χ0v) is 12.6. The van der Waals surface area contributed by atoms with E-state index in [9.17, 15) is 18.0 Å². The van der Waals surface area contributed by atoms with E-state index in [4.69, 9.17) is 0 Å². The minimum Gasteiger partial charge on any atom is -0.353 e. The lowest BCUT2D eigenvalue weighted by Gasteiger charge is -2.17. The number of hydrogen-bond acceptors (Lipinski definition) is 4. The van der Waals surface area contributed by atoms with Crippen LogP contribution >= 0.6 is 0 Å². The Morgan fingerprint density at radius 2 is 2.04 bits per heavy atom. The molecule has 1 atom stereocenters. The quantitative estimate of drug-likeness (QED) is 0.683. The van der Waals surface area contributed by atoms with E-state index in [1.807, 2.05) is 0 Å². The van der Waals surface area contributed by atoms with Gasteiger partial charge in [0.15, 0.2) is 5.65 Å². The number of anilines is 1. The number of halogens is 3. The first-order chi connectivity index (χ1) is 11.3. The van der Waals surface area contributed by atoms with Crippen LogP contribution in [0.15, 0.2) is 35.3 Å². The summed E-state index contributed by atoms with van der Waals surface area (Å²) in [5.41, 5.74) is -0.553. The summed E-state index contributed by atoms with van der Waals surface area (Å²) in [5.74, 6) is 0.175. The predicted molar refractivity (Wildman–Crippen MR) is 82.7 cm³/mol. The molecular formula is C15H14F3N5O. The molecule has 3 rings (SSSR count). The molecule has 0 aliphatic carbocycles. The van der Waals surface area contributed by atoms with Gasteiger partial charge in [0, 0.05) is 6.04 Å².